The van der Waals surface area contributed by atoms with Gasteiger partial charge in [0.2, 0.25) is 0 Å². The lowest BCUT2D eigenvalue weighted by Gasteiger charge is -2.34. The number of carbonyl (C=O) groups excluding carboxylic acids is 2. The third kappa shape index (κ3) is 3.87. The van der Waals surface area contributed by atoms with Gasteiger partial charge in [0.15, 0.2) is 5.78 Å². The van der Waals surface area contributed by atoms with E-state index in [1.807, 2.05) is 19.9 Å². The number of anilines is 1. The molecule has 0 saturated heterocycles. The highest BCUT2D eigenvalue weighted by Crippen LogP contribution is 2.44. The van der Waals surface area contributed by atoms with Gasteiger partial charge in [-0.2, -0.15) is 0 Å². The molecular weight excluding hydrogens is 421 g/mol. The van der Waals surface area contributed by atoms with Gasteiger partial charge in [0, 0.05) is 51.1 Å². The standard InChI is InChI=1S/C23H21Cl2N3O2/c1-12-8-9-26-19(10-12)28-23(30)20-13(2)27-17-4-3-5-18(29)22(17)21(20)15-7-6-14(24)11-16(15)25/h6-11,21,27H,3-5H2,1-2H3,(H,26,28,30)/t21-/m1/s1. The first-order chi connectivity index (χ1) is 14.3. The molecule has 1 amide bonds. The minimum absolute atomic E-state index is 0.0336. The van der Waals surface area contributed by atoms with E-state index in [1.54, 1.807) is 30.5 Å². The lowest BCUT2D eigenvalue weighted by Crippen LogP contribution is -2.35. The molecule has 2 heterocycles. The average Bonchev–Trinajstić information content (AvgIpc) is 2.67. The Morgan fingerprint density at radius 2 is 1.97 bits per heavy atom. The number of aryl methyl sites for hydroxylation is 1. The number of benzene rings is 1. The Bertz CT molecular complexity index is 1120. The van der Waals surface area contributed by atoms with E-state index in [1.165, 1.54) is 0 Å². The van der Waals surface area contributed by atoms with Gasteiger partial charge < -0.3 is 10.6 Å². The van der Waals surface area contributed by atoms with Gasteiger partial charge in [-0.1, -0.05) is 29.3 Å². The van der Waals surface area contributed by atoms with Crippen LogP contribution < -0.4 is 10.6 Å². The second-order valence-electron chi connectivity index (χ2n) is 7.60. The molecule has 0 saturated carbocycles. The number of halogens is 2. The second-order valence-corrected chi connectivity index (χ2v) is 8.45. The molecular formula is C23H21Cl2N3O2. The Morgan fingerprint density at radius 3 is 2.70 bits per heavy atom. The fourth-order valence-electron chi connectivity index (χ4n) is 4.12. The summed E-state index contributed by atoms with van der Waals surface area (Å²) in [7, 11) is 0. The fourth-order valence-corrected chi connectivity index (χ4v) is 4.64. The number of Topliss-reactive ketones (excluding diaryl/α,β-unsaturated/α-hetero) is 1. The lowest BCUT2D eigenvalue weighted by atomic mass is 9.75. The largest absolute Gasteiger partial charge is 0.362 e. The average molecular weight is 442 g/mol. The first-order valence-corrected chi connectivity index (χ1v) is 10.5. The van der Waals surface area contributed by atoms with Crippen LogP contribution in [0.4, 0.5) is 5.82 Å². The van der Waals surface area contributed by atoms with Crippen molar-refractivity contribution in [1.82, 2.24) is 10.3 Å². The first kappa shape index (κ1) is 20.6. The van der Waals surface area contributed by atoms with E-state index in [2.05, 4.69) is 15.6 Å². The number of rotatable bonds is 3. The molecule has 1 aromatic heterocycles. The van der Waals surface area contributed by atoms with Crippen LogP contribution in [0.1, 0.15) is 43.2 Å². The minimum Gasteiger partial charge on any atom is -0.362 e. The maximum absolute atomic E-state index is 13.4. The third-order valence-corrected chi connectivity index (χ3v) is 6.01. The lowest BCUT2D eigenvalue weighted by molar-refractivity contribution is -0.116. The Balaban J connectivity index is 1.82. The van der Waals surface area contributed by atoms with Gasteiger partial charge in [-0.05, 0) is 62.1 Å². The molecule has 0 unspecified atom stereocenters. The number of hydrogen-bond acceptors (Lipinski definition) is 4. The first-order valence-electron chi connectivity index (χ1n) is 9.78. The summed E-state index contributed by atoms with van der Waals surface area (Å²) in [6, 6.07) is 8.81. The maximum Gasteiger partial charge on any atom is 0.255 e. The molecule has 30 heavy (non-hydrogen) atoms. The Kier molecular flexibility index (Phi) is 5.67. The zero-order chi connectivity index (χ0) is 21.4. The molecule has 0 fully saturated rings. The van der Waals surface area contributed by atoms with E-state index < -0.39 is 5.92 Å². The number of pyridine rings is 1. The molecule has 0 spiro atoms. The van der Waals surface area contributed by atoms with E-state index >= 15 is 0 Å². The smallest absolute Gasteiger partial charge is 0.255 e. The summed E-state index contributed by atoms with van der Waals surface area (Å²) >= 11 is 12.6. The summed E-state index contributed by atoms with van der Waals surface area (Å²) < 4.78 is 0. The van der Waals surface area contributed by atoms with Crippen molar-refractivity contribution in [2.45, 2.75) is 39.0 Å². The normalized spacial score (nSPS) is 18.8. The van der Waals surface area contributed by atoms with Gasteiger partial charge in [-0.3, -0.25) is 9.59 Å². The molecule has 2 aliphatic rings. The van der Waals surface area contributed by atoms with Crippen molar-refractivity contribution in [2.24, 2.45) is 0 Å². The summed E-state index contributed by atoms with van der Waals surface area (Å²) in [5.41, 5.74) is 4.30. The predicted molar refractivity (Wildman–Crippen MR) is 119 cm³/mol. The van der Waals surface area contributed by atoms with Crippen LogP contribution >= 0.6 is 23.2 Å². The van der Waals surface area contributed by atoms with Gasteiger partial charge in [-0.25, -0.2) is 4.98 Å². The van der Waals surface area contributed by atoms with E-state index in [-0.39, 0.29) is 11.7 Å². The van der Waals surface area contributed by atoms with Gasteiger partial charge in [0.25, 0.3) is 5.91 Å². The van der Waals surface area contributed by atoms with Crippen molar-refractivity contribution in [3.05, 3.63) is 80.2 Å². The van der Waals surface area contributed by atoms with E-state index in [9.17, 15) is 9.59 Å². The van der Waals surface area contributed by atoms with Crippen molar-refractivity contribution in [3.8, 4) is 0 Å². The molecule has 2 aromatic rings. The van der Waals surface area contributed by atoms with Crippen LogP contribution in [0, 0.1) is 6.92 Å². The Morgan fingerprint density at radius 1 is 1.17 bits per heavy atom. The molecule has 7 heteroatoms. The van der Waals surface area contributed by atoms with Crippen LogP contribution in [0.25, 0.3) is 0 Å². The number of carbonyl (C=O) groups is 2. The maximum atomic E-state index is 13.4. The van der Waals surface area contributed by atoms with Gasteiger partial charge in [-0.15, -0.1) is 0 Å². The van der Waals surface area contributed by atoms with E-state index in [0.29, 0.717) is 44.7 Å². The molecule has 1 aromatic carbocycles. The Hall–Kier alpha value is -2.63. The van der Waals surface area contributed by atoms with Crippen LogP contribution in [0.3, 0.4) is 0 Å². The van der Waals surface area contributed by atoms with Crippen molar-refractivity contribution < 1.29 is 9.59 Å². The number of allylic oxidation sites excluding steroid dienone is 3. The fraction of sp³-hybridized carbons (Fsp3) is 0.261. The molecule has 5 nitrogen and oxygen atoms in total. The van der Waals surface area contributed by atoms with E-state index in [0.717, 1.165) is 24.1 Å². The summed E-state index contributed by atoms with van der Waals surface area (Å²) in [6.07, 6.45) is 3.64. The topological polar surface area (TPSA) is 71.1 Å². The summed E-state index contributed by atoms with van der Waals surface area (Å²) in [6.45, 7) is 3.77. The second kappa shape index (κ2) is 8.25. The minimum atomic E-state index is -0.566. The molecule has 4 rings (SSSR count). The molecule has 2 N–H and O–H groups in total. The van der Waals surface area contributed by atoms with E-state index in [4.69, 9.17) is 23.2 Å². The summed E-state index contributed by atoms with van der Waals surface area (Å²) in [4.78, 5) is 30.5. The number of ketones is 1. The number of aromatic nitrogens is 1. The van der Waals surface area contributed by atoms with Gasteiger partial charge >= 0.3 is 0 Å². The number of amides is 1. The number of hydrogen-bond donors (Lipinski definition) is 2. The summed E-state index contributed by atoms with van der Waals surface area (Å²) in [5.74, 6) is -0.398. The molecule has 1 atom stereocenters. The van der Waals surface area contributed by atoms with Crippen molar-refractivity contribution >= 4 is 40.7 Å². The molecule has 1 aliphatic heterocycles. The highest BCUT2D eigenvalue weighted by molar-refractivity contribution is 6.35. The highest BCUT2D eigenvalue weighted by Gasteiger charge is 2.39. The molecule has 154 valence electrons. The van der Waals surface area contributed by atoms with Gasteiger partial charge in [0.05, 0.1) is 0 Å². The Labute approximate surface area is 185 Å². The predicted octanol–water partition coefficient (Wildman–Crippen LogP) is 5.30. The zero-order valence-electron chi connectivity index (χ0n) is 16.7. The van der Waals surface area contributed by atoms with Crippen molar-refractivity contribution in [2.75, 3.05) is 5.32 Å². The van der Waals surface area contributed by atoms with Gasteiger partial charge in [0.1, 0.15) is 5.82 Å². The zero-order valence-corrected chi connectivity index (χ0v) is 18.2. The SMILES string of the molecule is CC1=C(C(=O)Nc2cc(C)ccn2)[C@@H](c2ccc(Cl)cc2Cl)C2=C(CCCC2=O)N1. The monoisotopic (exact) mass is 441 g/mol. The van der Waals surface area contributed by atoms with Crippen LogP contribution in [0.2, 0.25) is 10.0 Å². The molecule has 0 radical (unpaired) electrons. The van der Waals surface area contributed by atoms with Crippen LogP contribution in [0.5, 0.6) is 0 Å². The van der Waals surface area contributed by atoms with Crippen molar-refractivity contribution in [1.29, 1.82) is 0 Å². The van der Waals surface area contributed by atoms with Crippen LogP contribution in [-0.4, -0.2) is 16.7 Å². The van der Waals surface area contributed by atoms with Crippen LogP contribution in [-0.2, 0) is 9.59 Å². The molecule has 1 aliphatic carbocycles. The highest BCUT2D eigenvalue weighted by atomic mass is 35.5. The number of dihydropyridines is 1. The third-order valence-electron chi connectivity index (χ3n) is 5.45. The van der Waals surface area contributed by atoms with Crippen LogP contribution in [0.15, 0.2) is 59.1 Å². The van der Waals surface area contributed by atoms with Crippen molar-refractivity contribution in [3.63, 3.8) is 0 Å². The summed E-state index contributed by atoms with van der Waals surface area (Å²) in [5, 5.41) is 7.09. The molecule has 0 bridgehead atoms. The quantitative estimate of drug-likeness (QED) is 0.677. The number of nitrogens with zero attached hydrogens (tertiary/aromatic N) is 1. The number of nitrogens with one attached hydrogen (secondary N) is 2.